The lowest BCUT2D eigenvalue weighted by atomic mass is 10.1. The third kappa shape index (κ3) is 2.97. The van der Waals surface area contributed by atoms with Gasteiger partial charge in [0.1, 0.15) is 0 Å². The molecule has 1 unspecified atom stereocenters. The van der Waals surface area contributed by atoms with Crippen molar-refractivity contribution in [1.82, 2.24) is 0 Å². The lowest BCUT2D eigenvalue weighted by Gasteiger charge is -2.13. The van der Waals surface area contributed by atoms with Gasteiger partial charge in [0, 0.05) is 23.5 Å². The summed E-state index contributed by atoms with van der Waals surface area (Å²) >= 11 is 0. The van der Waals surface area contributed by atoms with E-state index in [1.165, 1.54) is 6.92 Å². The van der Waals surface area contributed by atoms with Crippen LogP contribution in [0.2, 0.25) is 0 Å². The Labute approximate surface area is 101 Å². The van der Waals surface area contributed by atoms with Gasteiger partial charge in [-0.3, -0.25) is 4.79 Å². The van der Waals surface area contributed by atoms with Crippen LogP contribution in [0.4, 0.5) is 11.4 Å². The summed E-state index contributed by atoms with van der Waals surface area (Å²) in [4.78, 5) is 11.2. The number of rotatable bonds is 5. The highest BCUT2D eigenvalue weighted by Gasteiger charge is 2.29. The van der Waals surface area contributed by atoms with Crippen LogP contribution < -0.4 is 11.1 Å². The summed E-state index contributed by atoms with van der Waals surface area (Å²) in [5.74, 6) is 0.420. The molecule has 1 saturated carbocycles. The van der Waals surface area contributed by atoms with Crippen LogP contribution in [-0.4, -0.2) is 23.5 Å². The van der Waals surface area contributed by atoms with Gasteiger partial charge < -0.3 is 16.2 Å². The predicted molar refractivity (Wildman–Crippen MR) is 68.1 cm³/mol. The van der Waals surface area contributed by atoms with E-state index in [9.17, 15) is 9.90 Å². The monoisotopic (exact) mass is 234 g/mol. The van der Waals surface area contributed by atoms with Crippen LogP contribution in [0.5, 0.6) is 0 Å². The molecule has 1 aromatic rings. The Morgan fingerprint density at radius 2 is 2.29 bits per heavy atom. The highest BCUT2D eigenvalue weighted by atomic mass is 16.3. The molecule has 0 bridgehead atoms. The Kier molecular flexibility index (Phi) is 3.33. The Balaban J connectivity index is 1.97. The number of Topliss-reactive ketones (excluding diaryl/α,β-unsaturated/α-hetero) is 1. The summed E-state index contributed by atoms with van der Waals surface area (Å²) in [5.41, 5.74) is 7.63. The van der Waals surface area contributed by atoms with Crippen molar-refractivity contribution >= 4 is 17.2 Å². The first-order valence-electron chi connectivity index (χ1n) is 5.90. The molecule has 0 aromatic heterocycles. The van der Waals surface area contributed by atoms with Crippen LogP contribution in [0.25, 0.3) is 0 Å². The number of nitrogens with two attached hydrogens (primary N) is 1. The molecule has 0 spiro atoms. The molecule has 0 saturated heterocycles. The number of carbonyl (C=O) groups excluding carboxylic acids is 1. The molecule has 1 atom stereocenters. The molecule has 0 amide bonds. The summed E-state index contributed by atoms with van der Waals surface area (Å²) < 4.78 is 0. The normalized spacial score (nSPS) is 16.6. The largest absolute Gasteiger partial charge is 0.398 e. The SMILES string of the molecule is CC(=O)c1ccc(NCC(O)C2CC2)cc1N. The smallest absolute Gasteiger partial charge is 0.161 e. The third-order valence-corrected chi connectivity index (χ3v) is 3.11. The van der Waals surface area contributed by atoms with Crippen LogP contribution in [0.1, 0.15) is 30.1 Å². The van der Waals surface area contributed by atoms with E-state index >= 15 is 0 Å². The Morgan fingerprint density at radius 3 is 2.82 bits per heavy atom. The van der Waals surface area contributed by atoms with Crippen molar-refractivity contribution in [2.24, 2.45) is 5.92 Å². The van der Waals surface area contributed by atoms with Crippen LogP contribution in [0.3, 0.4) is 0 Å². The number of hydrogen-bond donors (Lipinski definition) is 3. The van der Waals surface area contributed by atoms with E-state index in [0.29, 0.717) is 23.7 Å². The zero-order valence-electron chi connectivity index (χ0n) is 9.94. The second-order valence-corrected chi connectivity index (χ2v) is 4.64. The van der Waals surface area contributed by atoms with Crippen LogP contribution in [0, 0.1) is 5.92 Å². The second kappa shape index (κ2) is 4.75. The van der Waals surface area contributed by atoms with Gasteiger partial charge in [-0.15, -0.1) is 0 Å². The molecule has 0 radical (unpaired) electrons. The number of carbonyl (C=O) groups is 1. The first-order chi connectivity index (χ1) is 8.08. The van der Waals surface area contributed by atoms with E-state index < -0.39 is 0 Å². The molecule has 0 aliphatic heterocycles. The van der Waals surface area contributed by atoms with E-state index in [2.05, 4.69) is 5.32 Å². The molecular formula is C13H18N2O2. The van der Waals surface area contributed by atoms with Crippen molar-refractivity contribution in [3.8, 4) is 0 Å². The number of nitrogen functional groups attached to an aromatic ring is 1. The first-order valence-corrected chi connectivity index (χ1v) is 5.90. The van der Waals surface area contributed by atoms with Gasteiger partial charge in [0.15, 0.2) is 5.78 Å². The highest BCUT2D eigenvalue weighted by Crippen LogP contribution is 2.32. The summed E-state index contributed by atoms with van der Waals surface area (Å²) in [6, 6.07) is 5.26. The maximum atomic E-state index is 11.2. The van der Waals surface area contributed by atoms with Gasteiger partial charge in [-0.1, -0.05) is 0 Å². The summed E-state index contributed by atoms with van der Waals surface area (Å²) in [6.45, 7) is 2.03. The van der Waals surface area contributed by atoms with Crippen LogP contribution >= 0.6 is 0 Å². The van der Waals surface area contributed by atoms with E-state index in [0.717, 1.165) is 18.5 Å². The Bertz CT molecular complexity index is 427. The first kappa shape index (κ1) is 11.9. The molecule has 1 fully saturated rings. The number of anilines is 2. The highest BCUT2D eigenvalue weighted by molar-refractivity contribution is 5.99. The van der Waals surface area contributed by atoms with Crippen LogP contribution in [-0.2, 0) is 0 Å². The van der Waals surface area contributed by atoms with Gasteiger partial charge in [-0.25, -0.2) is 0 Å². The quantitative estimate of drug-likeness (QED) is 0.535. The lowest BCUT2D eigenvalue weighted by Crippen LogP contribution is -2.21. The molecule has 1 aromatic carbocycles. The Morgan fingerprint density at radius 1 is 1.59 bits per heavy atom. The number of aliphatic hydroxyl groups excluding tert-OH is 1. The zero-order valence-corrected chi connectivity index (χ0v) is 9.94. The molecule has 4 heteroatoms. The number of hydrogen-bond acceptors (Lipinski definition) is 4. The van der Waals surface area contributed by atoms with E-state index in [4.69, 9.17) is 5.73 Å². The summed E-state index contributed by atoms with van der Waals surface area (Å²) in [7, 11) is 0. The van der Waals surface area contributed by atoms with Crippen molar-refractivity contribution < 1.29 is 9.90 Å². The Hall–Kier alpha value is -1.55. The van der Waals surface area contributed by atoms with Crippen molar-refractivity contribution in [3.05, 3.63) is 23.8 Å². The molecule has 17 heavy (non-hydrogen) atoms. The molecule has 0 heterocycles. The lowest BCUT2D eigenvalue weighted by molar-refractivity contribution is 0.101. The topological polar surface area (TPSA) is 75.3 Å². The van der Waals surface area contributed by atoms with E-state index in [-0.39, 0.29) is 11.9 Å². The minimum atomic E-state index is -0.288. The number of aliphatic hydroxyl groups is 1. The van der Waals surface area contributed by atoms with Crippen molar-refractivity contribution in [3.63, 3.8) is 0 Å². The summed E-state index contributed by atoms with van der Waals surface area (Å²) in [6.07, 6.45) is 1.95. The fourth-order valence-corrected chi connectivity index (χ4v) is 1.86. The fourth-order valence-electron chi connectivity index (χ4n) is 1.86. The molecule has 4 nitrogen and oxygen atoms in total. The van der Waals surface area contributed by atoms with Crippen molar-refractivity contribution in [2.75, 3.05) is 17.6 Å². The fraction of sp³-hybridized carbons (Fsp3) is 0.462. The standard InChI is InChI=1S/C13H18N2O2/c1-8(16)11-5-4-10(6-12(11)14)15-7-13(17)9-2-3-9/h4-6,9,13,15,17H,2-3,7,14H2,1H3. The van der Waals surface area contributed by atoms with E-state index in [1.54, 1.807) is 12.1 Å². The van der Waals surface area contributed by atoms with Crippen molar-refractivity contribution in [1.29, 1.82) is 0 Å². The summed E-state index contributed by atoms with van der Waals surface area (Å²) in [5, 5.41) is 12.8. The van der Waals surface area contributed by atoms with Crippen molar-refractivity contribution in [2.45, 2.75) is 25.9 Å². The van der Waals surface area contributed by atoms with Gasteiger partial charge >= 0.3 is 0 Å². The molecule has 1 aliphatic carbocycles. The molecule has 2 rings (SSSR count). The third-order valence-electron chi connectivity index (χ3n) is 3.11. The van der Waals surface area contributed by atoms with E-state index in [1.807, 2.05) is 6.07 Å². The molecule has 92 valence electrons. The van der Waals surface area contributed by atoms with Gasteiger partial charge in [-0.2, -0.15) is 0 Å². The molecule has 1 aliphatic rings. The van der Waals surface area contributed by atoms with Crippen LogP contribution in [0.15, 0.2) is 18.2 Å². The minimum absolute atomic E-state index is 0.0351. The number of benzene rings is 1. The van der Waals surface area contributed by atoms with Gasteiger partial charge in [0.2, 0.25) is 0 Å². The average molecular weight is 234 g/mol. The van der Waals surface area contributed by atoms with Gasteiger partial charge in [0.05, 0.1) is 6.10 Å². The minimum Gasteiger partial charge on any atom is -0.398 e. The predicted octanol–water partition coefficient (Wildman–Crippen LogP) is 1.65. The number of ketones is 1. The zero-order chi connectivity index (χ0) is 12.4. The maximum absolute atomic E-state index is 11.2. The van der Waals surface area contributed by atoms with Gasteiger partial charge in [-0.05, 0) is 43.9 Å². The number of nitrogens with one attached hydrogen (secondary N) is 1. The maximum Gasteiger partial charge on any atom is 0.161 e. The average Bonchev–Trinajstić information content (AvgIpc) is 3.09. The van der Waals surface area contributed by atoms with Gasteiger partial charge in [0.25, 0.3) is 0 Å². The second-order valence-electron chi connectivity index (χ2n) is 4.64. The molecule has 4 N–H and O–H groups in total. The molecular weight excluding hydrogens is 216 g/mol.